The van der Waals surface area contributed by atoms with Crippen LogP contribution in [0.15, 0.2) is 48.7 Å². The number of carbonyl (C=O) groups is 3. The molecule has 10 nitrogen and oxygen atoms in total. The van der Waals surface area contributed by atoms with Gasteiger partial charge in [-0.25, -0.2) is 4.39 Å². The third kappa shape index (κ3) is 5.59. The number of H-pyrrole nitrogens is 1. The van der Waals surface area contributed by atoms with E-state index in [0.29, 0.717) is 5.56 Å². The number of aromatic nitrogens is 1. The normalized spacial score (nSPS) is 24.4. The fourth-order valence-corrected chi connectivity index (χ4v) is 4.73. The maximum absolute atomic E-state index is 13.4. The van der Waals surface area contributed by atoms with Gasteiger partial charge in [-0.05, 0) is 29.8 Å². The molecule has 37 heavy (non-hydrogen) atoms. The molecule has 0 saturated heterocycles. The van der Waals surface area contributed by atoms with Crippen LogP contribution in [0.3, 0.4) is 0 Å². The highest BCUT2D eigenvalue weighted by Gasteiger charge is 2.49. The van der Waals surface area contributed by atoms with E-state index in [4.69, 9.17) is 17.3 Å². The molecule has 1 aromatic heterocycles. The van der Waals surface area contributed by atoms with Gasteiger partial charge < -0.3 is 36.7 Å². The molecule has 0 spiro atoms. The zero-order valence-electron chi connectivity index (χ0n) is 19.4. The summed E-state index contributed by atoms with van der Waals surface area (Å²) in [5.41, 5.74) is 4.79. The highest BCUT2D eigenvalue weighted by Crippen LogP contribution is 2.30. The van der Waals surface area contributed by atoms with Crippen molar-refractivity contribution in [3.63, 3.8) is 0 Å². The number of benzene rings is 2. The van der Waals surface area contributed by atoms with E-state index < -0.39 is 66.3 Å². The third-order valence-electron chi connectivity index (χ3n) is 6.58. The molecule has 0 aliphatic heterocycles. The molecule has 2 aromatic carbocycles. The van der Waals surface area contributed by atoms with E-state index in [1.54, 1.807) is 6.20 Å². The first kappa shape index (κ1) is 26.6. The fourth-order valence-electron chi connectivity index (χ4n) is 4.55. The number of hydrogen-bond donors (Lipinski definition) is 7. The topological polar surface area (TPSA) is 178 Å². The molecule has 0 bridgehead atoms. The van der Waals surface area contributed by atoms with Crippen LogP contribution < -0.4 is 16.4 Å². The molecule has 1 aliphatic rings. The molecule has 196 valence electrons. The van der Waals surface area contributed by atoms with Crippen molar-refractivity contribution in [2.24, 2.45) is 5.73 Å². The lowest BCUT2D eigenvalue weighted by atomic mass is 9.77. The number of halogens is 2. The number of primary amides is 1. The maximum Gasteiger partial charge on any atom is 0.252 e. The number of nitrogens with one attached hydrogen (secondary N) is 3. The molecule has 0 radical (unpaired) electrons. The van der Waals surface area contributed by atoms with E-state index in [1.807, 2.05) is 24.3 Å². The lowest BCUT2D eigenvalue weighted by molar-refractivity contribution is -0.159. The molecule has 1 heterocycles. The maximum atomic E-state index is 13.4. The van der Waals surface area contributed by atoms with Crippen molar-refractivity contribution in [1.29, 1.82) is 0 Å². The Morgan fingerprint density at radius 3 is 2.62 bits per heavy atom. The van der Waals surface area contributed by atoms with E-state index in [1.165, 1.54) is 6.07 Å². The summed E-state index contributed by atoms with van der Waals surface area (Å²) in [5.74, 6) is -3.32. The number of amides is 3. The van der Waals surface area contributed by atoms with E-state index in [0.717, 1.165) is 23.0 Å². The molecule has 8 N–H and O–H groups in total. The number of hydrogen-bond acceptors (Lipinski definition) is 6. The smallest absolute Gasteiger partial charge is 0.252 e. The molecule has 3 amide bonds. The average molecular weight is 533 g/mol. The first-order valence-corrected chi connectivity index (χ1v) is 11.9. The first-order valence-electron chi connectivity index (χ1n) is 11.5. The monoisotopic (exact) mass is 532 g/mol. The van der Waals surface area contributed by atoms with Crippen LogP contribution in [0.4, 0.5) is 4.39 Å². The van der Waals surface area contributed by atoms with Gasteiger partial charge in [0.2, 0.25) is 5.91 Å². The number of carbonyl (C=O) groups excluding carboxylic acids is 3. The minimum absolute atomic E-state index is 0.0285. The Morgan fingerprint density at radius 2 is 1.92 bits per heavy atom. The molecule has 5 atom stereocenters. The van der Waals surface area contributed by atoms with E-state index >= 15 is 0 Å². The number of aliphatic hydroxyl groups is 3. The van der Waals surface area contributed by atoms with Crippen LogP contribution in [-0.2, 0) is 16.0 Å². The zero-order valence-corrected chi connectivity index (χ0v) is 20.2. The summed E-state index contributed by atoms with van der Waals surface area (Å²) in [7, 11) is 0. The molecule has 1 fully saturated rings. The Bertz CT molecular complexity index is 1350. The second-order valence-corrected chi connectivity index (χ2v) is 9.61. The van der Waals surface area contributed by atoms with Crippen LogP contribution in [0.5, 0.6) is 0 Å². The lowest BCUT2D eigenvalue weighted by Gasteiger charge is -2.41. The van der Waals surface area contributed by atoms with Gasteiger partial charge in [-0.1, -0.05) is 29.8 Å². The quantitative estimate of drug-likeness (QED) is 0.233. The van der Waals surface area contributed by atoms with E-state index in [2.05, 4.69) is 15.6 Å². The van der Waals surface area contributed by atoms with Crippen LogP contribution in [0.25, 0.3) is 10.9 Å². The van der Waals surface area contributed by atoms with Crippen molar-refractivity contribution < 1.29 is 34.1 Å². The Balaban J connectivity index is 1.49. The number of aromatic amines is 1. The summed E-state index contributed by atoms with van der Waals surface area (Å²) < 4.78 is 13.4. The summed E-state index contributed by atoms with van der Waals surface area (Å²) in [6, 6.07) is 8.16. The predicted molar refractivity (Wildman–Crippen MR) is 132 cm³/mol. The highest BCUT2D eigenvalue weighted by atomic mass is 35.5. The van der Waals surface area contributed by atoms with Crippen molar-refractivity contribution in [2.75, 3.05) is 0 Å². The Morgan fingerprint density at radius 1 is 1.19 bits per heavy atom. The number of rotatable bonds is 7. The van der Waals surface area contributed by atoms with Gasteiger partial charge in [0.25, 0.3) is 11.8 Å². The van der Waals surface area contributed by atoms with Crippen LogP contribution in [-0.4, -0.2) is 67.9 Å². The fraction of sp³-hybridized carbons (Fsp3) is 0.320. The number of nitrogens with two attached hydrogens (primary N) is 1. The van der Waals surface area contributed by atoms with Gasteiger partial charge in [-0.2, -0.15) is 0 Å². The number of para-hydroxylation sites is 1. The standard InChI is InChI=1S/C25H26ClFN4O6/c26-15-7-12(5-6-16(15)27)23(35)30-19-9-25(37,10-20(32)21(19)33)24(36)31-18(22(28)34)8-13-11-29-17-4-2-1-3-14(13)17/h1-7,11,18-21,29,32-33,37H,8-10H2,(H2,28,34)(H,30,35)(H,31,36)/t18-,19+,20-,21-,25+/m1/s1. The molecular weight excluding hydrogens is 507 g/mol. The van der Waals surface area contributed by atoms with Gasteiger partial charge in [0, 0.05) is 41.9 Å². The molecule has 1 aliphatic carbocycles. The van der Waals surface area contributed by atoms with Crippen LogP contribution in [0.1, 0.15) is 28.8 Å². The zero-order chi connectivity index (χ0) is 26.9. The summed E-state index contributed by atoms with van der Waals surface area (Å²) in [6.07, 6.45) is -2.38. The third-order valence-corrected chi connectivity index (χ3v) is 6.87. The molecule has 0 unspecified atom stereocenters. The van der Waals surface area contributed by atoms with Crippen molar-refractivity contribution in [1.82, 2.24) is 15.6 Å². The molecule has 1 saturated carbocycles. The largest absolute Gasteiger partial charge is 0.390 e. The van der Waals surface area contributed by atoms with Gasteiger partial charge in [0.15, 0.2) is 0 Å². The summed E-state index contributed by atoms with van der Waals surface area (Å²) in [6.45, 7) is 0. The Kier molecular flexibility index (Phi) is 7.51. The van der Waals surface area contributed by atoms with E-state index in [-0.39, 0.29) is 17.0 Å². The van der Waals surface area contributed by atoms with Gasteiger partial charge in [0.05, 0.1) is 17.2 Å². The first-order chi connectivity index (χ1) is 17.5. The van der Waals surface area contributed by atoms with Crippen molar-refractivity contribution >= 4 is 40.2 Å². The van der Waals surface area contributed by atoms with Crippen molar-refractivity contribution in [3.05, 3.63) is 70.6 Å². The van der Waals surface area contributed by atoms with Crippen molar-refractivity contribution in [3.8, 4) is 0 Å². The SMILES string of the molecule is NC(=O)[C@@H](Cc1c[nH]c2ccccc12)NC(=O)[C@@]1(O)C[C@@H](O)[C@H](O)[C@@H](NC(=O)c2ccc(F)c(Cl)c2)C1. The molecule has 3 aromatic rings. The second-order valence-electron chi connectivity index (χ2n) is 9.20. The number of aliphatic hydroxyl groups excluding tert-OH is 2. The molecular formula is C25H26ClFN4O6. The van der Waals surface area contributed by atoms with Crippen LogP contribution >= 0.6 is 11.6 Å². The molecule has 4 rings (SSSR count). The highest BCUT2D eigenvalue weighted by molar-refractivity contribution is 6.31. The lowest BCUT2D eigenvalue weighted by Crippen LogP contribution is -2.64. The average Bonchev–Trinajstić information content (AvgIpc) is 3.26. The van der Waals surface area contributed by atoms with Crippen molar-refractivity contribution in [2.45, 2.75) is 49.2 Å². The number of fused-ring (bicyclic) bond motifs is 1. The van der Waals surface area contributed by atoms with Gasteiger partial charge in [0.1, 0.15) is 23.6 Å². The van der Waals surface area contributed by atoms with Gasteiger partial charge >= 0.3 is 0 Å². The minimum atomic E-state index is -2.25. The van der Waals surface area contributed by atoms with Gasteiger partial charge in [-0.3, -0.25) is 14.4 Å². The Hall–Kier alpha value is -3.51. The Labute approximate surface area is 215 Å². The summed E-state index contributed by atoms with van der Waals surface area (Å²) >= 11 is 5.72. The van der Waals surface area contributed by atoms with Crippen LogP contribution in [0.2, 0.25) is 5.02 Å². The predicted octanol–water partition coefficient (Wildman–Crippen LogP) is 0.518. The molecule has 12 heteroatoms. The second kappa shape index (κ2) is 10.5. The summed E-state index contributed by atoms with van der Waals surface area (Å²) in [4.78, 5) is 41.0. The van der Waals surface area contributed by atoms with E-state index in [9.17, 15) is 34.1 Å². The summed E-state index contributed by atoms with van der Waals surface area (Å²) in [5, 5.41) is 37.3. The minimum Gasteiger partial charge on any atom is -0.390 e. The van der Waals surface area contributed by atoms with Gasteiger partial charge in [-0.15, -0.1) is 0 Å². The van der Waals surface area contributed by atoms with Crippen LogP contribution in [0, 0.1) is 5.82 Å².